The first-order valence-corrected chi connectivity index (χ1v) is 4.52. The quantitative estimate of drug-likeness (QED) is 0.722. The van der Waals surface area contributed by atoms with Crippen molar-refractivity contribution in [3.05, 3.63) is 35.0 Å². The summed E-state index contributed by atoms with van der Waals surface area (Å²) in [4.78, 5) is 4.10. The topological polar surface area (TPSA) is 38.9 Å². The van der Waals surface area contributed by atoms with Crippen molar-refractivity contribution in [1.82, 2.24) is 4.98 Å². The maximum atomic E-state index is 13.5. The van der Waals surface area contributed by atoms with Crippen molar-refractivity contribution in [2.24, 2.45) is 0 Å². The second-order valence-electron chi connectivity index (χ2n) is 3.52. The molecule has 2 N–H and O–H groups in total. The highest BCUT2D eigenvalue weighted by molar-refractivity contribution is 5.92. The number of rotatable bonds is 0. The maximum Gasteiger partial charge on any atom is 0.137 e. The van der Waals surface area contributed by atoms with Gasteiger partial charge in [-0.05, 0) is 19.4 Å². The van der Waals surface area contributed by atoms with Crippen LogP contribution in [0.2, 0.25) is 0 Å². The van der Waals surface area contributed by atoms with Crippen LogP contribution >= 0.6 is 0 Å². The molecule has 1 aromatic carbocycles. The molecule has 0 saturated heterocycles. The summed E-state index contributed by atoms with van der Waals surface area (Å²) in [6.45, 7) is 3.52. The zero-order valence-electron chi connectivity index (χ0n) is 8.44. The Hall–Kier alpha value is -1.71. The Morgan fingerprint density at radius 1 is 1.20 bits per heavy atom. The molecule has 0 aliphatic heterocycles. The van der Waals surface area contributed by atoms with E-state index in [1.165, 1.54) is 6.07 Å². The van der Waals surface area contributed by atoms with Crippen molar-refractivity contribution in [1.29, 1.82) is 0 Å². The van der Waals surface area contributed by atoms with Crippen LogP contribution in [0, 0.1) is 25.5 Å². The van der Waals surface area contributed by atoms with Crippen LogP contribution in [0.1, 0.15) is 11.3 Å². The Kier molecular flexibility index (Phi) is 2.07. The second kappa shape index (κ2) is 3.15. The molecule has 0 atom stereocenters. The molecule has 2 aromatic rings. The fourth-order valence-corrected chi connectivity index (χ4v) is 1.56. The summed E-state index contributed by atoms with van der Waals surface area (Å²) in [5.41, 5.74) is 7.77. The molecule has 0 amide bonds. The number of aromatic nitrogens is 1. The summed E-state index contributed by atoms with van der Waals surface area (Å²) >= 11 is 0. The van der Waals surface area contributed by atoms with Crippen molar-refractivity contribution in [3.8, 4) is 0 Å². The van der Waals surface area contributed by atoms with Gasteiger partial charge in [-0.1, -0.05) is 0 Å². The number of anilines is 1. The zero-order valence-corrected chi connectivity index (χ0v) is 8.44. The van der Waals surface area contributed by atoms with E-state index in [0.29, 0.717) is 11.4 Å². The summed E-state index contributed by atoms with van der Waals surface area (Å²) < 4.78 is 26.4. The third kappa shape index (κ3) is 1.42. The number of aryl methyl sites for hydroxylation is 1. The van der Waals surface area contributed by atoms with Gasteiger partial charge < -0.3 is 5.73 Å². The number of hydrogen-bond donors (Lipinski definition) is 1. The normalized spacial score (nSPS) is 10.9. The molecule has 0 spiro atoms. The standard InChI is InChI=1S/C11H10F2N2/c1-5-6(2)15-9-4-7(12)3-8(13)10(9)11(5)14/h3-4H,1-2H3,(H2,14,15). The minimum Gasteiger partial charge on any atom is -0.398 e. The van der Waals surface area contributed by atoms with E-state index in [9.17, 15) is 8.78 Å². The minimum absolute atomic E-state index is 0.194. The molecule has 0 aliphatic carbocycles. The van der Waals surface area contributed by atoms with Gasteiger partial charge in [0.15, 0.2) is 0 Å². The Labute approximate surface area is 85.7 Å². The first-order chi connectivity index (χ1) is 7.00. The fourth-order valence-electron chi connectivity index (χ4n) is 1.56. The van der Waals surface area contributed by atoms with Crippen molar-refractivity contribution >= 4 is 16.6 Å². The molecule has 4 heteroatoms. The number of benzene rings is 1. The number of nitrogen functional groups attached to an aromatic ring is 1. The Bertz CT molecular complexity index is 550. The van der Waals surface area contributed by atoms with Crippen LogP contribution in [0.15, 0.2) is 12.1 Å². The van der Waals surface area contributed by atoms with Crippen LogP contribution in [-0.4, -0.2) is 4.98 Å². The third-order valence-electron chi connectivity index (χ3n) is 2.54. The number of hydrogen-bond acceptors (Lipinski definition) is 2. The highest BCUT2D eigenvalue weighted by atomic mass is 19.1. The minimum atomic E-state index is -0.668. The van der Waals surface area contributed by atoms with Crippen LogP contribution < -0.4 is 5.73 Å². The predicted molar refractivity (Wildman–Crippen MR) is 55.5 cm³/mol. The molecule has 1 aromatic heterocycles. The van der Waals surface area contributed by atoms with E-state index in [4.69, 9.17) is 5.73 Å². The van der Waals surface area contributed by atoms with Crippen molar-refractivity contribution in [3.63, 3.8) is 0 Å². The summed E-state index contributed by atoms with van der Waals surface area (Å²) in [5.74, 6) is -1.31. The van der Waals surface area contributed by atoms with E-state index in [0.717, 1.165) is 11.6 Å². The highest BCUT2D eigenvalue weighted by Crippen LogP contribution is 2.27. The van der Waals surface area contributed by atoms with Gasteiger partial charge in [0.1, 0.15) is 11.6 Å². The van der Waals surface area contributed by atoms with Gasteiger partial charge in [-0.2, -0.15) is 0 Å². The average Bonchev–Trinajstić information content (AvgIpc) is 2.13. The van der Waals surface area contributed by atoms with E-state index in [2.05, 4.69) is 4.98 Å². The lowest BCUT2D eigenvalue weighted by molar-refractivity contribution is 0.591. The van der Waals surface area contributed by atoms with E-state index in [1.807, 2.05) is 0 Å². The van der Waals surface area contributed by atoms with Crippen LogP contribution in [0.25, 0.3) is 10.9 Å². The van der Waals surface area contributed by atoms with Gasteiger partial charge >= 0.3 is 0 Å². The molecule has 0 bridgehead atoms. The molecule has 2 rings (SSSR count). The number of halogens is 2. The summed E-state index contributed by atoms with van der Waals surface area (Å²) in [6, 6.07) is 2.00. The molecule has 0 aliphatic rings. The second-order valence-corrected chi connectivity index (χ2v) is 3.52. The summed E-state index contributed by atoms with van der Waals surface area (Å²) in [7, 11) is 0. The molecule has 2 nitrogen and oxygen atoms in total. The molecule has 0 fully saturated rings. The highest BCUT2D eigenvalue weighted by Gasteiger charge is 2.12. The molecule has 0 unspecified atom stereocenters. The van der Waals surface area contributed by atoms with Crippen LogP contribution in [0.3, 0.4) is 0 Å². The molecular weight excluding hydrogens is 198 g/mol. The Balaban J connectivity index is 2.99. The first-order valence-electron chi connectivity index (χ1n) is 4.52. The Morgan fingerprint density at radius 2 is 1.87 bits per heavy atom. The Morgan fingerprint density at radius 3 is 2.53 bits per heavy atom. The third-order valence-corrected chi connectivity index (χ3v) is 2.54. The van der Waals surface area contributed by atoms with Gasteiger partial charge in [0.2, 0.25) is 0 Å². The van der Waals surface area contributed by atoms with Crippen LogP contribution in [-0.2, 0) is 0 Å². The number of nitrogens with two attached hydrogens (primary N) is 1. The van der Waals surface area contributed by atoms with E-state index in [-0.39, 0.29) is 10.9 Å². The van der Waals surface area contributed by atoms with Gasteiger partial charge in [-0.15, -0.1) is 0 Å². The molecular formula is C11H10F2N2. The lowest BCUT2D eigenvalue weighted by Gasteiger charge is -2.08. The van der Waals surface area contributed by atoms with Gasteiger partial charge in [0.05, 0.1) is 10.9 Å². The number of fused-ring (bicyclic) bond motifs is 1. The van der Waals surface area contributed by atoms with Crippen molar-refractivity contribution < 1.29 is 8.78 Å². The van der Waals surface area contributed by atoms with E-state index in [1.54, 1.807) is 13.8 Å². The molecule has 1 heterocycles. The lowest BCUT2D eigenvalue weighted by Crippen LogP contribution is -1.99. The molecule has 0 radical (unpaired) electrons. The monoisotopic (exact) mass is 208 g/mol. The van der Waals surface area contributed by atoms with Crippen LogP contribution in [0.5, 0.6) is 0 Å². The number of nitrogens with zero attached hydrogens (tertiary/aromatic N) is 1. The average molecular weight is 208 g/mol. The smallest absolute Gasteiger partial charge is 0.137 e. The summed E-state index contributed by atoms with van der Waals surface area (Å²) in [6.07, 6.45) is 0. The van der Waals surface area contributed by atoms with Gasteiger partial charge in [0.25, 0.3) is 0 Å². The van der Waals surface area contributed by atoms with E-state index < -0.39 is 11.6 Å². The largest absolute Gasteiger partial charge is 0.398 e. The fraction of sp³-hybridized carbons (Fsp3) is 0.182. The summed E-state index contributed by atoms with van der Waals surface area (Å²) in [5, 5.41) is 0.194. The maximum absolute atomic E-state index is 13.5. The van der Waals surface area contributed by atoms with Gasteiger partial charge in [0, 0.05) is 23.5 Å². The lowest BCUT2D eigenvalue weighted by atomic mass is 10.1. The predicted octanol–water partition coefficient (Wildman–Crippen LogP) is 2.71. The van der Waals surface area contributed by atoms with E-state index >= 15 is 0 Å². The van der Waals surface area contributed by atoms with Crippen molar-refractivity contribution in [2.45, 2.75) is 13.8 Å². The molecule has 78 valence electrons. The zero-order chi connectivity index (χ0) is 11.2. The van der Waals surface area contributed by atoms with Crippen LogP contribution in [0.4, 0.5) is 14.5 Å². The molecule has 0 saturated carbocycles. The molecule has 15 heavy (non-hydrogen) atoms. The van der Waals surface area contributed by atoms with Crippen molar-refractivity contribution in [2.75, 3.05) is 5.73 Å². The van der Waals surface area contributed by atoms with Gasteiger partial charge in [-0.3, -0.25) is 4.98 Å². The first kappa shape index (κ1) is 9.83. The number of pyridine rings is 1. The van der Waals surface area contributed by atoms with Gasteiger partial charge in [-0.25, -0.2) is 8.78 Å². The SMILES string of the molecule is Cc1nc2cc(F)cc(F)c2c(N)c1C.